The fraction of sp³-hybridized carbons (Fsp3) is 0.833. The van der Waals surface area contributed by atoms with Crippen LogP contribution in [0.3, 0.4) is 0 Å². The molecule has 0 aliphatic rings. The molecule has 0 rings (SSSR count). The lowest BCUT2D eigenvalue weighted by Gasteiger charge is -2.14. The first-order valence-electron chi connectivity index (χ1n) is 6.02. The number of hydrogen-bond donors (Lipinski definition) is 1. The lowest BCUT2D eigenvalue weighted by molar-refractivity contribution is -0.132. The van der Waals surface area contributed by atoms with E-state index in [1.54, 1.807) is 0 Å². The van der Waals surface area contributed by atoms with Gasteiger partial charge < -0.3 is 10.1 Å². The van der Waals surface area contributed by atoms with E-state index in [-0.39, 0.29) is 12.5 Å². The quantitative estimate of drug-likeness (QED) is 0.483. The van der Waals surface area contributed by atoms with Crippen LogP contribution in [-0.4, -0.2) is 25.2 Å². The highest BCUT2D eigenvalue weighted by molar-refractivity contribution is 5.80. The second-order valence-corrected chi connectivity index (χ2v) is 3.70. The van der Waals surface area contributed by atoms with Gasteiger partial charge in [-0.2, -0.15) is 5.26 Å². The van der Waals surface area contributed by atoms with Crippen molar-refractivity contribution in [2.45, 2.75) is 52.1 Å². The number of nitrogens with one attached hydrogen (secondary N) is 1. The third kappa shape index (κ3) is 7.24. The smallest absolute Gasteiger partial charge is 0.249 e. The van der Waals surface area contributed by atoms with E-state index < -0.39 is 6.10 Å². The Bertz CT molecular complexity index is 224. The average Bonchev–Trinajstić information content (AvgIpc) is 2.31. The second-order valence-electron chi connectivity index (χ2n) is 3.70. The van der Waals surface area contributed by atoms with E-state index in [0.717, 1.165) is 12.8 Å². The molecule has 0 aliphatic carbocycles. The molecular weight excluding hydrogens is 204 g/mol. The Kier molecular flexibility index (Phi) is 9.73. The van der Waals surface area contributed by atoms with Crippen molar-refractivity contribution >= 4 is 5.91 Å². The van der Waals surface area contributed by atoms with Crippen LogP contribution in [0.1, 0.15) is 46.0 Å². The molecular formula is C12H22N2O2. The summed E-state index contributed by atoms with van der Waals surface area (Å²) in [6.45, 7) is 4.74. The third-order valence-corrected chi connectivity index (χ3v) is 2.32. The number of hydrogen-bond acceptors (Lipinski definition) is 3. The van der Waals surface area contributed by atoms with Gasteiger partial charge in [0, 0.05) is 6.61 Å². The van der Waals surface area contributed by atoms with Gasteiger partial charge in [0.2, 0.25) is 5.91 Å². The van der Waals surface area contributed by atoms with Crippen LogP contribution in [0.25, 0.3) is 0 Å². The van der Waals surface area contributed by atoms with Gasteiger partial charge in [0.25, 0.3) is 0 Å². The monoisotopic (exact) mass is 226 g/mol. The van der Waals surface area contributed by atoms with E-state index in [4.69, 9.17) is 10.00 Å². The summed E-state index contributed by atoms with van der Waals surface area (Å²) in [5, 5.41) is 10.8. The SMILES string of the molecule is CCCCCCOC(CC)C(=O)NCC#N. The van der Waals surface area contributed by atoms with Gasteiger partial charge in [-0.05, 0) is 12.8 Å². The van der Waals surface area contributed by atoms with Crippen molar-refractivity contribution < 1.29 is 9.53 Å². The Labute approximate surface area is 98.0 Å². The van der Waals surface area contributed by atoms with Gasteiger partial charge in [0.15, 0.2) is 0 Å². The van der Waals surface area contributed by atoms with Crippen LogP contribution < -0.4 is 5.32 Å². The van der Waals surface area contributed by atoms with Crippen LogP contribution >= 0.6 is 0 Å². The van der Waals surface area contributed by atoms with Crippen molar-refractivity contribution in [3.05, 3.63) is 0 Å². The molecule has 0 bridgehead atoms. The molecule has 0 fully saturated rings. The zero-order chi connectivity index (χ0) is 12.2. The van der Waals surface area contributed by atoms with Gasteiger partial charge in [-0.25, -0.2) is 0 Å². The molecule has 1 N–H and O–H groups in total. The average molecular weight is 226 g/mol. The van der Waals surface area contributed by atoms with Crippen LogP contribution in [0, 0.1) is 11.3 Å². The Morgan fingerprint density at radius 3 is 2.69 bits per heavy atom. The Hall–Kier alpha value is -1.08. The van der Waals surface area contributed by atoms with Gasteiger partial charge in [-0.3, -0.25) is 4.79 Å². The minimum Gasteiger partial charge on any atom is -0.368 e. The number of unbranched alkanes of at least 4 members (excludes halogenated alkanes) is 3. The fourth-order valence-electron chi connectivity index (χ4n) is 1.37. The molecule has 1 amide bonds. The van der Waals surface area contributed by atoms with E-state index in [2.05, 4.69) is 12.2 Å². The Balaban J connectivity index is 3.66. The Morgan fingerprint density at radius 1 is 1.38 bits per heavy atom. The van der Waals surface area contributed by atoms with Crippen molar-refractivity contribution in [1.82, 2.24) is 5.32 Å². The molecule has 0 radical (unpaired) electrons. The minimum absolute atomic E-state index is 0.0501. The predicted octanol–water partition coefficient (Wildman–Crippen LogP) is 2.00. The zero-order valence-corrected chi connectivity index (χ0v) is 10.3. The number of carbonyl (C=O) groups is 1. The first-order chi connectivity index (χ1) is 7.76. The molecule has 0 spiro atoms. The lowest BCUT2D eigenvalue weighted by Crippen LogP contribution is -2.36. The molecule has 16 heavy (non-hydrogen) atoms. The molecule has 1 unspecified atom stereocenters. The molecule has 0 aromatic heterocycles. The van der Waals surface area contributed by atoms with Crippen LogP contribution in [0.15, 0.2) is 0 Å². The normalized spacial score (nSPS) is 11.8. The van der Waals surface area contributed by atoms with Gasteiger partial charge in [-0.1, -0.05) is 33.1 Å². The highest BCUT2D eigenvalue weighted by Gasteiger charge is 2.15. The van der Waals surface area contributed by atoms with E-state index in [9.17, 15) is 4.79 Å². The summed E-state index contributed by atoms with van der Waals surface area (Å²) < 4.78 is 5.48. The summed E-state index contributed by atoms with van der Waals surface area (Å²) in [6, 6.07) is 1.87. The summed E-state index contributed by atoms with van der Waals surface area (Å²) in [6.07, 6.45) is 4.78. The molecule has 0 aromatic rings. The number of amides is 1. The summed E-state index contributed by atoms with van der Waals surface area (Å²) in [5.41, 5.74) is 0. The van der Waals surface area contributed by atoms with Crippen LogP contribution in [0.2, 0.25) is 0 Å². The lowest BCUT2D eigenvalue weighted by atomic mass is 10.2. The molecule has 0 saturated heterocycles. The van der Waals surface area contributed by atoms with Gasteiger partial charge in [0.05, 0.1) is 6.07 Å². The Morgan fingerprint density at radius 2 is 2.12 bits per heavy atom. The highest BCUT2D eigenvalue weighted by Crippen LogP contribution is 2.03. The van der Waals surface area contributed by atoms with E-state index >= 15 is 0 Å². The van der Waals surface area contributed by atoms with Crippen LogP contribution in [0.4, 0.5) is 0 Å². The molecule has 0 saturated carbocycles. The van der Waals surface area contributed by atoms with Crippen molar-refractivity contribution in [2.75, 3.05) is 13.2 Å². The maximum atomic E-state index is 11.5. The summed E-state index contributed by atoms with van der Waals surface area (Å²) in [4.78, 5) is 11.5. The molecule has 4 nitrogen and oxygen atoms in total. The topological polar surface area (TPSA) is 62.1 Å². The molecule has 0 aliphatic heterocycles. The number of nitriles is 1. The number of rotatable bonds is 9. The second kappa shape index (κ2) is 10.4. The number of carbonyl (C=O) groups excluding carboxylic acids is 1. The number of ether oxygens (including phenoxy) is 1. The molecule has 4 heteroatoms. The summed E-state index contributed by atoms with van der Waals surface area (Å²) >= 11 is 0. The standard InChI is InChI=1S/C12H22N2O2/c1-3-5-6-7-10-16-11(4-2)12(15)14-9-8-13/h11H,3-7,9-10H2,1-2H3,(H,14,15). The summed E-state index contributed by atoms with van der Waals surface area (Å²) in [7, 11) is 0. The summed E-state index contributed by atoms with van der Waals surface area (Å²) in [5.74, 6) is -0.181. The maximum Gasteiger partial charge on any atom is 0.249 e. The maximum absolute atomic E-state index is 11.5. The highest BCUT2D eigenvalue weighted by atomic mass is 16.5. The predicted molar refractivity (Wildman–Crippen MR) is 62.8 cm³/mol. The first kappa shape index (κ1) is 14.9. The molecule has 1 atom stereocenters. The number of nitrogens with zero attached hydrogens (tertiary/aromatic N) is 1. The van der Waals surface area contributed by atoms with Gasteiger partial charge in [-0.15, -0.1) is 0 Å². The van der Waals surface area contributed by atoms with Crippen molar-refractivity contribution in [3.63, 3.8) is 0 Å². The minimum atomic E-state index is -0.407. The van der Waals surface area contributed by atoms with Crippen LogP contribution in [-0.2, 0) is 9.53 Å². The zero-order valence-electron chi connectivity index (χ0n) is 10.3. The van der Waals surface area contributed by atoms with Crippen molar-refractivity contribution in [2.24, 2.45) is 0 Å². The van der Waals surface area contributed by atoms with Gasteiger partial charge >= 0.3 is 0 Å². The van der Waals surface area contributed by atoms with E-state index in [0.29, 0.717) is 13.0 Å². The third-order valence-electron chi connectivity index (χ3n) is 2.32. The van der Waals surface area contributed by atoms with Crippen molar-refractivity contribution in [3.8, 4) is 6.07 Å². The van der Waals surface area contributed by atoms with Gasteiger partial charge in [0.1, 0.15) is 12.6 Å². The molecule has 92 valence electrons. The van der Waals surface area contributed by atoms with E-state index in [1.165, 1.54) is 12.8 Å². The van der Waals surface area contributed by atoms with E-state index in [1.807, 2.05) is 13.0 Å². The largest absolute Gasteiger partial charge is 0.368 e. The van der Waals surface area contributed by atoms with Crippen LogP contribution in [0.5, 0.6) is 0 Å². The van der Waals surface area contributed by atoms with Crippen molar-refractivity contribution in [1.29, 1.82) is 5.26 Å². The molecule has 0 heterocycles. The fourth-order valence-corrected chi connectivity index (χ4v) is 1.37. The first-order valence-corrected chi connectivity index (χ1v) is 6.02. The molecule has 0 aromatic carbocycles.